The monoisotopic (exact) mass is 287 g/mol. The van der Waals surface area contributed by atoms with Gasteiger partial charge in [0.05, 0.1) is 16.1 Å². The van der Waals surface area contributed by atoms with Crippen LogP contribution in [-0.4, -0.2) is 11.8 Å². The molecule has 0 aliphatic heterocycles. The molecule has 0 heterocycles. The maximum Gasteiger partial charge on any atom is 0.183 e. The Morgan fingerprint density at radius 2 is 2.00 bits per heavy atom. The van der Waals surface area contributed by atoms with Gasteiger partial charge >= 0.3 is 0 Å². The van der Waals surface area contributed by atoms with Gasteiger partial charge in [0.15, 0.2) is 5.78 Å². The minimum Gasteiger partial charge on any atom is -0.321 e. The van der Waals surface area contributed by atoms with Gasteiger partial charge in [-0.25, -0.2) is 4.39 Å². The topological polar surface area (TPSA) is 43.1 Å². The van der Waals surface area contributed by atoms with Crippen LogP contribution in [-0.2, 0) is 0 Å². The molecule has 2 N–H and O–H groups in total. The van der Waals surface area contributed by atoms with E-state index in [0.29, 0.717) is 0 Å². The van der Waals surface area contributed by atoms with E-state index in [1.807, 2.05) is 20.8 Å². The third-order valence-electron chi connectivity index (χ3n) is 2.43. The van der Waals surface area contributed by atoms with E-state index in [1.165, 1.54) is 6.07 Å². The zero-order chi connectivity index (χ0) is 12.5. The highest BCUT2D eigenvalue weighted by Crippen LogP contribution is 2.24. The molecule has 0 saturated carbocycles. The van der Waals surface area contributed by atoms with E-state index in [2.05, 4.69) is 15.9 Å². The van der Waals surface area contributed by atoms with Crippen molar-refractivity contribution in [2.75, 3.05) is 0 Å². The first-order valence-corrected chi connectivity index (χ1v) is 5.78. The Morgan fingerprint density at radius 1 is 1.44 bits per heavy atom. The lowest BCUT2D eigenvalue weighted by Crippen LogP contribution is -2.42. The quantitative estimate of drug-likeness (QED) is 0.849. The second-order valence-electron chi connectivity index (χ2n) is 4.81. The van der Waals surface area contributed by atoms with E-state index in [1.54, 1.807) is 12.1 Å². The fourth-order valence-corrected chi connectivity index (χ4v) is 1.62. The van der Waals surface area contributed by atoms with Crippen molar-refractivity contribution < 1.29 is 9.18 Å². The number of rotatable bonds is 2. The molecule has 4 heteroatoms. The van der Waals surface area contributed by atoms with Crippen LogP contribution in [0.2, 0.25) is 0 Å². The van der Waals surface area contributed by atoms with E-state index < -0.39 is 11.9 Å². The lowest BCUT2D eigenvalue weighted by molar-refractivity contribution is 0.0897. The number of carbonyl (C=O) groups excluding carboxylic acids is 1. The molecule has 1 rings (SSSR count). The minimum atomic E-state index is -0.712. The molecule has 0 bridgehead atoms. The molecule has 0 amide bonds. The number of nitrogens with two attached hydrogens (primary N) is 1. The molecule has 1 unspecified atom stereocenters. The Labute approximate surface area is 103 Å². The molecule has 0 saturated heterocycles. The van der Waals surface area contributed by atoms with Gasteiger partial charge in [0.25, 0.3) is 0 Å². The van der Waals surface area contributed by atoms with E-state index in [9.17, 15) is 9.18 Å². The van der Waals surface area contributed by atoms with Crippen molar-refractivity contribution >= 4 is 21.7 Å². The van der Waals surface area contributed by atoms with Crippen LogP contribution in [0.5, 0.6) is 0 Å². The zero-order valence-corrected chi connectivity index (χ0v) is 11.1. The minimum absolute atomic E-state index is 0.0387. The highest BCUT2D eigenvalue weighted by atomic mass is 79.9. The van der Waals surface area contributed by atoms with Gasteiger partial charge in [-0.1, -0.05) is 26.8 Å². The highest BCUT2D eigenvalue weighted by molar-refractivity contribution is 9.10. The molecule has 0 spiro atoms. The molecule has 16 heavy (non-hydrogen) atoms. The fourth-order valence-electron chi connectivity index (χ4n) is 1.25. The number of hydrogen-bond acceptors (Lipinski definition) is 2. The molecule has 0 aliphatic rings. The first-order valence-electron chi connectivity index (χ1n) is 4.99. The summed E-state index contributed by atoms with van der Waals surface area (Å²) < 4.78 is 14.0. The average Bonchev–Trinajstić information content (AvgIpc) is 2.18. The van der Waals surface area contributed by atoms with Gasteiger partial charge in [-0.15, -0.1) is 0 Å². The van der Waals surface area contributed by atoms with Crippen LogP contribution in [0.15, 0.2) is 22.7 Å². The molecule has 0 aliphatic carbocycles. The summed E-state index contributed by atoms with van der Waals surface area (Å²) in [4.78, 5) is 12.0. The average molecular weight is 288 g/mol. The van der Waals surface area contributed by atoms with E-state index >= 15 is 0 Å². The van der Waals surface area contributed by atoms with Gasteiger partial charge in [-0.05, 0) is 33.5 Å². The molecule has 1 atom stereocenters. The molecule has 88 valence electrons. The third kappa shape index (κ3) is 2.68. The lowest BCUT2D eigenvalue weighted by Gasteiger charge is -2.25. The van der Waals surface area contributed by atoms with Gasteiger partial charge in [0.1, 0.15) is 5.82 Å². The van der Waals surface area contributed by atoms with Crippen LogP contribution in [0.25, 0.3) is 0 Å². The van der Waals surface area contributed by atoms with E-state index in [0.717, 1.165) is 0 Å². The van der Waals surface area contributed by atoms with Crippen LogP contribution in [0.1, 0.15) is 31.1 Å². The predicted octanol–water partition coefficient (Wildman–Crippen LogP) is 3.14. The maximum atomic E-state index is 13.7. The summed E-state index contributed by atoms with van der Waals surface area (Å²) in [6, 6.07) is 3.91. The van der Waals surface area contributed by atoms with Crippen molar-refractivity contribution in [3.05, 3.63) is 34.1 Å². The second-order valence-corrected chi connectivity index (χ2v) is 5.66. The van der Waals surface area contributed by atoms with Crippen LogP contribution < -0.4 is 5.73 Å². The van der Waals surface area contributed by atoms with Gasteiger partial charge in [-0.2, -0.15) is 0 Å². The molecular weight excluding hydrogens is 273 g/mol. The predicted molar refractivity (Wildman–Crippen MR) is 65.9 cm³/mol. The summed E-state index contributed by atoms with van der Waals surface area (Å²) >= 11 is 3.05. The van der Waals surface area contributed by atoms with Crippen molar-refractivity contribution in [2.45, 2.75) is 26.8 Å². The summed E-state index contributed by atoms with van der Waals surface area (Å²) in [5.74, 6) is -0.918. The molecule has 0 radical (unpaired) electrons. The van der Waals surface area contributed by atoms with Crippen molar-refractivity contribution in [2.24, 2.45) is 11.1 Å². The van der Waals surface area contributed by atoms with Crippen LogP contribution in [0.3, 0.4) is 0 Å². The van der Waals surface area contributed by atoms with Crippen LogP contribution >= 0.6 is 15.9 Å². The molecule has 0 aromatic heterocycles. The Morgan fingerprint density at radius 3 is 2.50 bits per heavy atom. The van der Waals surface area contributed by atoms with Gasteiger partial charge in [-0.3, -0.25) is 4.79 Å². The van der Waals surface area contributed by atoms with E-state index in [-0.39, 0.29) is 21.2 Å². The van der Waals surface area contributed by atoms with Crippen molar-refractivity contribution in [1.82, 2.24) is 0 Å². The van der Waals surface area contributed by atoms with Gasteiger partial charge in [0.2, 0.25) is 0 Å². The SMILES string of the molecule is CC(C)(C)C(N)C(=O)c1cccc(Br)c1F. The van der Waals surface area contributed by atoms with Crippen molar-refractivity contribution in [1.29, 1.82) is 0 Å². The number of hydrogen-bond donors (Lipinski definition) is 1. The van der Waals surface area contributed by atoms with E-state index in [4.69, 9.17) is 5.73 Å². The number of ketones is 1. The summed E-state index contributed by atoms with van der Waals surface area (Å²) in [6.45, 7) is 5.56. The first-order chi connectivity index (χ1) is 7.25. The van der Waals surface area contributed by atoms with Gasteiger partial charge < -0.3 is 5.73 Å². The molecule has 2 nitrogen and oxygen atoms in total. The molecule has 1 aromatic carbocycles. The van der Waals surface area contributed by atoms with Gasteiger partial charge in [0, 0.05) is 0 Å². The Kier molecular flexibility index (Phi) is 3.86. The zero-order valence-electron chi connectivity index (χ0n) is 9.55. The van der Waals surface area contributed by atoms with Crippen LogP contribution in [0, 0.1) is 11.2 Å². The molecular formula is C12H15BrFNO. The highest BCUT2D eigenvalue weighted by Gasteiger charge is 2.30. The summed E-state index contributed by atoms with van der Waals surface area (Å²) in [5.41, 5.74) is 5.47. The third-order valence-corrected chi connectivity index (χ3v) is 3.04. The summed E-state index contributed by atoms with van der Waals surface area (Å²) in [7, 11) is 0. The first kappa shape index (κ1) is 13.3. The number of Topliss-reactive ketones (excluding diaryl/α,β-unsaturated/α-hetero) is 1. The molecule has 0 fully saturated rings. The number of carbonyl (C=O) groups is 1. The summed E-state index contributed by atoms with van der Waals surface area (Å²) in [6.07, 6.45) is 0. The summed E-state index contributed by atoms with van der Waals surface area (Å²) in [5, 5.41) is 0. The second kappa shape index (κ2) is 4.63. The Balaban J connectivity index is 3.11. The Hall–Kier alpha value is -0.740. The smallest absolute Gasteiger partial charge is 0.183 e. The maximum absolute atomic E-state index is 13.7. The fraction of sp³-hybridized carbons (Fsp3) is 0.417. The van der Waals surface area contributed by atoms with Crippen molar-refractivity contribution in [3.63, 3.8) is 0 Å². The number of benzene rings is 1. The normalized spacial score (nSPS) is 13.6. The standard InChI is InChI=1S/C12H15BrFNO/c1-12(2,3)11(15)10(16)7-5-4-6-8(13)9(7)14/h4-6,11H,15H2,1-3H3. The largest absolute Gasteiger partial charge is 0.321 e. The Bertz CT molecular complexity index is 412. The van der Waals surface area contributed by atoms with Crippen LogP contribution in [0.4, 0.5) is 4.39 Å². The lowest BCUT2D eigenvalue weighted by atomic mass is 9.83. The number of halogens is 2. The molecule has 1 aromatic rings. The van der Waals surface area contributed by atoms with Crippen molar-refractivity contribution in [3.8, 4) is 0 Å².